The molecule has 4 nitrogen and oxygen atoms in total. The highest BCUT2D eigenvalue weighted by molar-refractivity contribution is 8.24. The molecule has 0 aromatic heterocycles. The van der Waals surface area contributed by atoms with Crippen molar-refractivity contribution in [3.63, 3.8) is 0 Å². The topological polar surface area (TPSA) is 52.6 Å². The Labute approximate surface area is 95.7 Å². The summed E-state index contributed by atoms with van der Waals surface area (Å²) in [6, 6.07) is 0. The predicted octanol–water partition coefficient (Wildman–Crippen LogP) is 1.93. The van der Waals surface area contributed by atoms with Gasteiger partial charge in [-0.25, -0.2) is 9.59 Å². The van der Waals surface area contributed by atoms with Crippen LogP contribution in [0.3, 0.4) is 0 Å². The molecule has 0 heterocycles. The minimum absolute atomic E-state index is 0.115. The van der Waals surface area contributed by atoms with Gasteiger partial charge in [-0.1, -0.05) is 11.6 Å². The van der Waals surface area contributed by atoms with Crippen molar-refractivity contribution >= 4 is 45.2 Å². The fourth-order valence-electron chi connectivity index (χ4n) is 0.594. The van der Waals surface area contributed by atoms with E-state index in [4.69, 9.17) is 22.3 Å². The molecule has 82 valence electrons. The predicted molar refractivity (Wildman–Crippen MR) is 55.3 cm³/mol. The average molecular weight is 261 g/mol. The second kappa shape index (κ2) is 6.37. The minimum atomic E-state index is -2.01. The molecule has 0 fully saturated rings. The van der Waals surface area contributed by atoms with Gasteiger partial charge in [-0.15, -0.1) is 0 Å². The Morgan fingerprint density at radius 3 is 1.79 bits per heavy atom. The number of halogens is 2. The number of esters is 2. The van der Waals surface area contributed by atoms with Crippen molar-refractivity contribution in [2.75, 3.05) is 13.2 Å². The van der Waals surface area contributed by atoms with Crippen molar-refractivity contribution in [1.82, 2.24) is 0 Å². The zero-order valence-corrected chi connectivity index (χ0v) is 10.0. The second-order valence-corrected chi connectivity index (χ2v) is 4.13. The molecule has 0 rings (SSSR count). The molecule has 0 unspecified atom stereocenters. The van der Waals surface area contributed by atoms with Gasteiger partial charge in [-0.05, 0) is 35.5 Å². The molecule has 0 aliphatic heterocycles. The van der Waals surface area contributed by atoms with E-state index in [1.165, 1.54) is 0 Å². The van der Waals surface area contributed by atoms with Crippen LogP contribution >= 0.6 is 33.3 Å². The molecule has 0 aliphatic rings. The lowest BCUT2D eigenvalue weighted by Crippen LogP contribution is -2.40. The van der Waals surface area contributed by atoms with E-state index in [1.807, 2.05) is 0 Å². The monoisotopic (exact) mass is 260 g/mol. The summed E-state index contributed by atoms with van der Waals surface area (Å²) in [5.74, 6) is -1.83. The Bertz CT molecular complexity index is 204. The Kier molecular flexibility index (Phi) is 6.31. The summed E-state index contributed by atoms with van der Waals surface area (Å²) in [5.41, 5.74) is 0. The fraction of sp³-hybridized carbons (Fsp3) is 0.714. The van der Waals surface area contributed by atoms with Crippen LogP contribution in [0.2, 0.25) is 0 Å². The number of hydrogen-bond acceptors (Lipinski definition) is 5. The van der Waals surface area contributed by atoms with Crippen molar-refractivity contribution in [1.29, 1.82) is 0 Å². The Balaban J connectivity index is 4.60. The van der Waals surface area contributed by atoms with E-state index >= 15 is 0 Å². The maximum absolute atomic E-state index is 11.3. The van der Waals surface area contributed by atoms with E-state index < -0.39 is 16.1 Å². The number of ether oxygens (including phenoxy) is 2. The van der Waals surface area contributed by atoms with Gasteiger partial charge < -0.3 is 9.47 Å². The minimum Gasteiger partial charge on any atom is -0.464 e. The molecule has 0 saturated heterocycles. The van der Waals surface area contributed by atoms with Gasteiger partial charge in [0.1, 0.15) is 0 Å². The van der Waals surface area contributed by atoms with Crippen LogP contribution < -0.4 is 0 Å². The standard InChI is InChI=1S/C7H10Cl2O4S/c1-3-12-5(10)7(8,14-9)6(11)13-4-2/h3-4H2,1-2H3. The summed E-state index contributed by atoms with van der Waals surface area (Å²) in [6.07, 6.45) is 0. The zero-order chi connectivity index (χ0) is 11.2. The maximum Gasteiger partial charge on any atom is 0.350 e. The number of alkyl halides is 1. The van der Waals surface area contributed by atoms with Crippen LogP contribution in [0.25, 0.3) is 0 Å². The van der Waals surface area contributed by atoms with E-state index in [-0.39, 0.29) is 13.2 Å². The van der Waals surface area contributed by atoms with Crippen LogP contribution in [-0.2, 0) is 19.1 Å². The molecule has 7 heteroatoms. The molecule has 0 bridgehead atoms. The summed E-state index contributed by atoms with van der Waals surface area (Å²) in [6.45, 7) is 3.42. The van der Waals surface area contributed by atoms with Crippen molar-refractivity contribution < 1.29 is 19.1 Å². The second-order valence-electron chi connectivity index (χ2n) is 2.11. The van der Waals surface area contributed by atoms with Crippen LogP contribution in [-0.4, -0.2) is 29.4 Å². The normalized spacial score (nSPS) is 10.9. The van der Waals surface area contributed by atoms with Gasteiger partial charge in [0.2, 0.25) is 0 Å². The van der Waals surface area contributed by atoms with E-state index in [1.54, 1.807) is 13.8 Å². The lowest BCUT2D eigenvalue weighted by Gasteiger charge is -2.18. The zero-order valence-electron chi connectivity index (χ0n) is 7.71. The SMILES string of the molecule is CCOC(=O)C(Cl)(SCl)C(=O)OCC. The molecule has 0 aromatic rings. The van der Waals surface area contributed by atoms with Gasteiger partial charge in [-0.2, -0.15) is 0 Å². The van der Waals surface area contributed by atoms with Crippen molar-refractivity contribution in [2.45, 2.75) is 18.1 Å². The first-order valence-electron chi connectivity index (χ1n) is 3.86. The number of hydrogen-bond donors (Lipinski definition) is 0. The largest absolute Gasteiger partial charge is 0.464 e. The first kappa shape index (κ1) is 13.9. The summed E-state index contributed by atoms with van der Waals surface area (Å²) < 4.78 is 7.17. The molecule has 0 spiro atoms. The van der Waals surface area contributed by atoms with Crippen molar-refractivity contribution in [3.05, 3.63) is 0 Å². The van der Waals surface area contributed by atoms with E-state index in [2.05, 4.69) is 9.47 Å². The summed E-state index contributed by atoms with van der Waals surface area (Å²) in [5, 5.41) is 0. The third kappa shape index (κ3) is 3.22. The molecule has 0 saturated carbocycles. The molecular weight excluding hydrogens is 251 g/mol. The lowest BCUT2D eigenvalue weighted by atomic mass is 10.4. The number of carbonyl (C=O) groups excluding carboxylic acids is 2. The van der Waals surface area contributed by atoms with Crippen LogP contribution in [0.4, 0.5) is 0 Å². The van der Waals surface area contributed by atoms with Gasteiger partial charge in [0.25, 0.3) is 4.21 Å². The lowest BCUT2D eigenvalue weighted by molar-refractivity contribution is -0.154. The van der Waals surface area contributed by atoms with Gasteiger partial charge in [0.15, 0.2) is 0 Å². The maximum atomic E-state index is 11.3. The molecular formula is C7H10Cl2O4S. The molecule has 0 N–H and O–H groups in total. The first-order valence-corrected chi connectivity index (χ1v) is 5.88. The first-order chi connectivity index (χ1) is 6.52. The average Bonchev–Trinajstić information content (AvgIpc) is 2.17. The Morgan fingerprint density at radius 2 is 1.57 bits per heavy atom. The molecule has 0 atom stereocenters. The van der Waals surface area contributed by atoms with Crippen LogP contribution in [0.1, 0.15) is 13.8 Å². The Morgan fingerprint density at radius 1 is 1.21 bits per heavy atom. The van der Waals surface area contributed by atoms with Crippen molar-refractivity contribution in [3.8, 4) is 0 Å². The third-order valence-electron chi connectivity index (χ3n) is 1.18. The molecule has 0 aromatic carbocycles. The van der Waals surface area contributed by atoms with Crippen molar-refractivity contribution in [2.24, 2.45) is 0 Å². The van der Waals surface area contributed by atoms with E-state index in [9.17, 15) is 9.59 Å². The fourth-order valence-corrected chi connectivity index (χ4v) is 1.33. The van der Waals surface area contributed by atoms with Gasteiger partial charge >= 0.3 is 11.9 Å². The summed E-state index contributed by atoms with van der Waals surface area (Å²) in [4.78, 5) is 22.5. The van der Waals surface area contributed by atoms with Gasteiger partial charge in [0.05, 0.1) is 13.2 Å². The third-order valence-corrected chi connectivity index (χ3v) is 3.20. The van der Waals surface area contributed by atoms with E-state index in [0.717, 1.165) is 0 Å². The van der Waals surface area contributed by atoms with Gasteiger partial charge in [-0.3, -0.25) is 0 Å². The van der Waals surface area contributed by atoms with Crippen LogP contribution in [0, 0.1) is 0 Å². The summed E-state index contributed by atoms with van der Waals surface area (Å²) in [7, 11) is 5.71. The molecule has 0 amide bonds. The number of rotatable bonds is 5. The highest BCUT2D eigenvalue weighted by Crippen LogP contribution is 2.36. The number of carbonyl (C=O) groups is 2. The Hall–Kier alpha value is -0.130. The summed E-state index contributed by atoms with van der Waals surface area (Å²) >= 11 is 5.66. The highest BCUT2D eigenvalue weighted by Gasteiger charge is 2.48. The molecule has 0 aliphatic carbocycles. The van der Waals surface area contributed by atoms with Gasteiger partial charge in [0, 0.05) is 0 Å². The van der Waals surface area contributed by atoms with E-state index in [0.29, 0.717) is 11.0 Å². The molecule has 14 heavy (non-hydrogen) atoms. The van der Waals surface area contributed by atoms with Crippen LogP contribution in [0.15, 0.2) is 0 Å². The smallest absolute Gasteiger partial charge is 0.350 e. The quantitative estimate of drug-likeness (QED) is 0.430. The van der Waals surface area contributed by atoms with Crippen LogP contribution in [0.5, 0.6) is 0 Å². The highest BCUT2D eigenvalue weighted by atomic mass is 35.7. The molecule has 0 radical (unpaired) electrons.